The lowest BCUT2D eigenvalue weighted by atomic mass is 10.1. The zero-order chi connectivity index (χ0) is 18.9. The lowest BCUT2D eigenvalue weighted by molar-refractivity contribution is 0.102. The number of hydrogen-bond acceptors (Lipinski definition) is 6. The van der Waals surface area contributed by atoms with E-state index in [4.69, 9.17) is 0 Å². The Balaban J connectivity index is 1.46. The molecule has 4 aromatic heterocycles. The maximum atomic E-state index is 13.2. The summed E-state index contributed by atoms with van der Waals surface area (Å²) in [5.74, 6) is 2.57. The molecule has 5 heterocycles. The summed E-state index contributed by atoms with van der Waals surface area (Å²) in [4.78, 5) is 22.8. The zero-order valence-corrected chi connectivity index (χ0v) is 16.4. The Labute approximate surface area is 169 Å². The third-order valence-corrected chi connectivity index (χ3v) is 6.94. The number of aromatic nitrogens is 5. The third-order valence-electron chi connectivity index (χ3n) is 4.53. The molecule has 0 fully saturated rings. The number of pyridine rings is 1. The van der Waals surface area contributed by atoms with Crippen LogP contribution in [0.15, 0.2) is 55.5 Å². The van der Waals surface area contributed by atoms with Crippen molar-refractivity contribution >= 4 is 34.7 Å². The van der Waals surface area contributed by atoms with E-state index in [0.717, 1.165) is 28.5 Å². The largest absolute Gasteiger partial charge is 0.320 e. The van der Waals surface area contributed by atoms with Crippen molar-refractivity contribution in [3.63, 3.8) is 0 Å². The molecule has 1 aliphatic rings. The number of fused-ring (bicyclic) bond motifs is 1. The van der Waals surface area contributed by atoms with E-state index in [9.17, 15) is 4.79 Å². The lowest BCUT2D eigenvalue weighted by Gasteiger charge is -2.13. The minimum atomic E-state index is -0.0941. The normalized spacial score (nSPS) is 13.3. The van der Waals surface area contributed by atoms with Crippen molar-refractivity contribution in [1.29, 1.82) is 0 Å². The molecule has 0 aliphatic carbocycles. The molecule has 1 N–H and O–H groups in total. The molecule has 5 rings (SSSR count). The standard InChI is InChI=1S/C19H16N6OS2/c26-18(23-13-3-4-16(21-9-13)25-12-20-11-22-25)17-14-5-8-27-10-15(14)28-19(17)24-6-1-2-7-24/h1-4,6-7,9,11-12H,5,8,10H2,(H,23,26). The van der Waals surface area contributed by atoms with Crippen molar-refractivity contribution in [2.45, 2.75) is 12.2 Å². The predicted molar refractivity (Wildman–Crippen MR) is 111 cm³/mol. The Bertz CT molecular complexity index is 1100. The highest BCUT2D eigenvalue weighted by Gasteiger charge is 2.26. The molecule has 0 saturated carbocycles. The van der Waals surface area contributed by atoms with Gasteiger partial charge in [-0.1, -0.05) is 0 Å². The number of thiophene rings is 1. The number of amides is 1. The van der Waals surface area contributed by atoms with E-state index in [1.54, 1.807) is 34.6 Å². The monoisotopic (exact) mass is 408 g/mol. The number of anilines is 1. The van der Waals surface area contributed by atoms with Gasteiger partial charge in [-0.05, 0) is 42.0 Å². The molecular weight excluding hydrogens is 392 g/mol. The van der Waals surface area contributed by atoms with E-state index in [2.05, 4.69) is 20.4 Å². The summed E-state index contributed by atoms with van der Waals surface area (Å²) < 4.78 is 3.59. The summed E-state index contributed by atoms with van der Waals surface area (Å²) in [6.07, 6.45) is 9.56. The number of carbonyl (C=O) groups is 1. The fraction of sp³-hybridized carbons (Fsp3) is 0.158. The minimum absolute atomic E-state index is 0.0941. The van der Waals surface area contributed by atoms with Gasteiger partial charge in [0.15, 0.2) is 5.82 Å². The summed E-state index contributed by atoms with van der Waals surface area (Å²) in [7, 11) is 0. The average Bonchev–Trinajstić information content (AvgIpc) is 3.48. The first kappa shape index (κ1) is 17.2. The molecule has 0 radical (unpaired) electrons. The first-order valence-corrected chi connectivity index (χ1v) is 10.7. The van der Waals surface area contributed by atoms with Gasteiger partial charge < -0.3 is 9.88 Å². The van der Waals surface area contributed by atoms with Gasteiger partial charge in [-0.15, -0.1) is 11.3 Å². The lowest BCUT2D eigenvalue weighted by Crippen LogP contribution is -2.17. The molecule has 7 nitrogen and oxygen atoms in total. The molecule has 1 amide bonds. The first-order chi connectivity index (χ1) is 13.8. The van der Waals surface area contributed by atoms with Crippen molar-refractivity contribution in [2.75, 3.05) is 11.1 Å². The number of rotatable bonds is 4. The van der Waals surface area contributed by atoms with Crippen molar-refractivity contribution in [1.82, 2.24) is 24.3 Å². The quantitative estimate of drug-likeness (QED) is 0.559. The number of hydrogen-bond donors (Lipinski definition) is 1. The van der Waals surface area contributed by atoms with Crippen LogP contribution in [0, 0.1) is 0 Å². The van der Waals surface area contributed by atoms with E-state index >= 15 is 0 Å². The summed E-state index contributed by atoms with van der Waals surface area (Å²) >= 11 is 3.63. The third kappa shape index (κ3) is 3.12. The highest BCUT2D eigenvalue weighted by molar-refractivity contribution is 7.98. The molecule has 0 bridgehead atoms. The van der Waals surface area contributed by atoms with Crippen LogP contribution in [0.2, 0.25) is 0 Å². The average molecular weight is 409 g/mol. The van der Waals surface area contributed by atoms with Crippen LogP contribution in [0.5, 0.6) is 0 Å². The van der Waals surface area contributed by atoms with E-state index in [1.807, 2.05) is 46.9 Å². The summed E-state index contributed by atoms with van der Waals surface area (Å²) in [6, 6.07) is 7.58. The second kappa shape index (κ2) is 7.25. The minimum Gasteiger partial charge on any atom is -0.320 e. The van der Waals surface area contributed by atoms with Gasteiger partial charge in [0.25, 0.3) is 5.91 Å². The topological polar surface area (TPSA) is 77.6 Å². The fourth-order valence-electron chi connectivity index (χ4n) is 3.22. The molecule has 0 unspecified atom stereocenters. The molecule has 0 saturated heterocycles. The smallest absolute Gasteiger partial charge is 0.259 e. The first-order valence-electron chi connectivity index (χ1n) is 8.77. The van der Waals surface area contributed by atoms with Crippen LogP contribution in [-0.2, 0) is 12.2 Å². The highest BCUT2D eigenvalue weighted by atomic mass is 32.2. The Morgan fingerprint density at radius 3 is 2.86 bits per heavy atom. The molecule has 4 aromatic rings. The summed E-state index contributed by atoms with van der Waals surface area (Å²) in [5, 5.41) is 8.04. The van der Waals surface area contributed by atoms with Crippen LogP contribution in [0.4, 0.5) is 5.69 Å². The van der Waals surface area contributed by atoms with Crippen molar-refractivity contribution in [2.24, 2.45) is 0 Å². The van der Waals surface area contributed by atoms with Crippen LogP contribution in [0.1, 0.15) is 20.8 Å². The van der Waals surface area contributed by atoms with E-state index in [1.165, 1.54) is 16.8 Å². The maximum absolute atomic E-state index is 13.2. The maximum Gasteiger partial charge on any atom is 0.259 e. The number of nitrogens with zero attached hydrogens (tertiary/aromatic N) is 5. The second-order valence-electron chi connectivity index (χ2n) is 6.28. The Morgan fingerprint density at radius 1 is 1.21 bits per heavy atom. The predicted octanol–water partition coefficient (Wildman–Crippen LogP) is 3.56. The van der Waals surface area contributed by atoms with Crippen LogP contribution < -0.4 is 5.32 Å². The van der Waals surface area contributed by atoms with E-state index in [0.29, 0.717) is 11.5 Å². The number of nitrogens with one attached hydrogen (secondary N) is 1. The Kier molecular flexibility index (Phi) is 4.46. The SMILES string of the molecule is O=C(Nc1ccc(-n2cncn2)nc1)c1c(-n2cccc2)sc2c1CCSC2. The number of carbonyl (C=O) groups excluding carboxylic acids is 1. The summed E-state index contributed by atoms with van der Waals surface area (Å²) in [6.45, 7) is 0. The van der Waals surface area contributed by atoms with Gasteiger partial charge in [0.2, 0.25) is 0 Å². The van der Waals surface area contributed by atoms with Crippen molar-refractivity contribution in [3.05, 3.63) is 71.5 Å². The van der Waals surface area contributed by atoms with Crippen LogP contribution in [-0.4, -0.2) is 36.0 Å². The van der Waals surface area contributed by atoms with Crippen LogP contribution in [0.3, 0.4) is 0 Å². The summed E-state index contributed by atoms with van der Waals surface area (Å²) in [5.41, 5.74) is 2.60. The van der Waals surface area contributed by atoms with Gasteiger partial charge >= 0.3 is 0 Å². The van der Waals surface area contributed by atoms with Crippen molar-refractivity contribution in [3.8, 4) is 10.8 Å². The van der Waals surface area contributed by atoms with E-state index in [-0.39, 0.29) is 5.91 Å². The second-order valence-corrected chi connectivity index (χ2v) is 8.46. The van der Waals surface area contributed by atoms with Gasteiger partial charge in [-0.25, -0.2) is 14.6 Å². The molecule has 9 heteroatoms. The Morgan fingerprint density at radius 2 is 2.11 bits per heavy atom. The molecule has 1 aliphatic heterocycles. The molecule has 0 aromatic carbocycles. The van der Waals surface area contributed by atoms with Crippen LogP contribution in [0.25, 0.3) is 10.8 Å². The van der Waals surface area contributed by atoms with Gasteiger partial charge in [0, 0.05) is 23.0 Å². The van der Waals surface area contributed by atoms with Gasteiger partial charge in [0.05, 0.1) is 17.4 Å². The number of thioether (sulfide) groups is 1. The van der Waals surface area contributed by atoms with Gasteiger partial charge in [-0.2, -0.15) is 16.9 Å². The van der Waals surface area contributed by atoms with E-state index < -0.39 is 0 Å². The van der Waals surface area contributed by atoms with Gasteiger partial charge in [0.1, 0.15) is 17.7 Å². The zero-order valence-electron chi connectivity index (χ0n) is 14.8. The van der Waals surface area contributed by atoms with Gasteiger partial charge in [-0.3, -0.25) is 4.79 Å². The van der Waals surface area contributed by atoms with Crippen LogP contribution >= 0.6 is 23.1 Å². The fourth-order valence-corrected chi connectivity index (χ4v) is 5.66. The molecule has 140 valence electrons. The van der Waals surface area contributed by atoms with Crippen molar-refractivity contribution < 1.29 is 4.79 Å². The molecule has 28 heavy (non-hydrogen) atoms. The molecule has 0 atom stereocenters. The molecular formula is C19H16N6OS2. The molecule has 0 spiro atoms. The Hall–Kier alpha value is -2.91. The highest BCUT2D eigenvalue weighted by Crippen LogP contribution is 2.38.